The van der Waals surface area contributed by atoms with Crippen LogP contribution in [0.4, 0.5) is 10.1 Å². The number of anilines is 1. The van der Waals surface area contributed by atoms with Crippen LogP contribution in [-0.2, 0) is 0 Å². The fourth-order valence-corrected chi connectivity index (χ4v) is 2.32. The van der Waals surface area contributed by atoms with E-state index >= 15 is 0 Å². The smallest absolute Gasteiger partial charge is 0.257 e. The maximum atomic E-state index is 13.7. The predicted molar refractivity (Wildman–Crippen MR) is 86.7 cm³/mol. The fraction of sp³-hybridized carbons (Fsp3) is 0. The molecule has 7 heteroatoms. The molecule has 0 aliphatic heterocycles. The van der Waals surface area contributed by atoms with E-state index in [1.54, 1.807) is 6.07 Å². The SMILES string of the molecule is NC(=S)c1c(F)cccc1NC(=O)c1cc(Cl)ccc1Cl. The minimum Gasteiger partial charge on any atom is -0.389 e. The first kappa shape index (κ1) is 15.7. The van der Waals surface area contributed by atoms with Crippen LogP contribution >= 0.6 is 35.4 Å². The molecule has 0 bridgehead atoms. The van der Waals surface area contributed by atoms with E-state index < -0.39 is 11.7 Å². The number of thiocarbonyl (C=S) groups is 1. The molecule has 1 amide bonds. The van der Waals surface area contributed by atoms with Gasteiger partial charge in [-0.3, -0.25) is 4.79 Å². The van der Waals surface area contributed by atoms with Crippen molar-refractivity contribution >= 4 is 52.0 Å². The van der Waals surface area contributed by atoms with E-state index in [1.165, 1.54) is 30.3 Å². The number of hydrogen-bond donors (Lipinski definition) is 2. The van der Waals surface area contributed by atoms with Crippen molar-refractivity contribution in [3.8, 4) is 0 Å². The van der Waals surface area contributed by atoms with Crippen molar-refractivity contribution in [3.05, 3.63) is 63.4 Å². The van der Waals surface area contributed by atoms with E-state index in [0.29, 0.717) is 5.02 Å². The Labute approximate surface area is 135 Å². The summed E-state index contributed by atoms with van der Waals surface area (Å²) >= 11 is 16.6. The van der Waals surface area contributed by atoms with Crippen molar-refractivity contribution in [1.29, 1.82) is 0 Å². The quantitative estimate of drug-likeness (QED) is 0.828. The van der Waals surface area contributed by atoms with Crippen LogP contribution < -0.4 is 11.1 Å². The zero-order valence-corrected chi connectivity index (χ0v) is 12.8. The number of nitrogens with two attached hydrogens (primary N) is 1. The van der Waals surface area contributed by atoms with Crippen LogP contribution in [0.15, 0.2) is 36.4 Å². The first-order valence-electron chi connectivity index (χ1n) is 5.75. The summed E-state index contributed by atoms with van der Waals surface area (Å²) in [6.45, 7) is 0. The van der Waals surface area contributed by atoms with E-state index in [-0.39, 0.29) is 26.8 Å². The number of hydrogen-bond acceptors (Lipinski definition) is 2. The van der Waals surface area contributed by atoms with Crippen molar-refractivity contribution < 1.29 is 9.18 Å². The van der Waals surface area contributed by atoms with E-state index in [2.05, 4.69) is 5.32 Å². The molecule has 0 radical (unpaired) electrons. The molecule has 0 atom stereocenters. The van der Waals surface area contributed by atoms with Gasteiger partial charge in [0, 0.05) is 5.02 Å². The summed E-state index contributed by atoms with van der Waals surface area (Å²) in [7, 11) is 0. The average Bonchev–Trinajstić information content (AvgIpc) is 2.41. The van der Waals surface area contributed by atoms with Gasteiger partial charge in [0.15, 0.2) is 0 Å². The highest BCUT2D eigenvalue weighted by Gasteiger charge is 2.16. The van der Waals surface area contributed by atoms with Crippen molar-refractivity contribution in [2.75, 3.05) is 5.32 Å². The van der Waals surface area contributed by atoms with Crippen LogP contribution in [0.3, 0.4) is 0 Å². The molecule has 0 saturated carbocycles. The van der Waals surface area contributed by atoms with Gasteiger partial charge in [0.1, 0.15) is 10.8 Å². The summed E-state index contributed by atoms with van der Waals surface area (Å²) < 4.78 is 13.7. The number of halogens is 3. The minimum atomic E-state index is -0.613. The zero-order valence-electron chi connectivity index (χ0n) is 10.5. The lowest BCUT2D eigenvalue weighted by molar-refractivity contribution is 0.102. The first-order chi connectivity index (χ1) is 9.90. The van der Waals surface area contributed by atoms with Crippen molar-refractivity contribution in [3.63, 3.8) is 0 Å². The van der Waals surface area contributed by atoms with Gasteiger partial charge < -0.3 is 11.1 Å². The van der Waals surface area contributed by atoms with E-state index in [1.807, 2.05) is 0 Å². The molecule has 3 nitrogen and oxygen atoms in total. The normalized spacial score (nSPS) is 10.2. The van der Waals surface area contributed by atoms with Gasteiger partial charge in [-0.2, -0.15) is 0 Å². The van der Waals surface area contributed by atoms with Crippen molar-refractivity contribution in [1.82, 2.24) is 0 Å². The van der Waals surface area contributed by atoms with Crippen LogP contribution in [0.2, 0.25) is 10.0 Å². The molecule has 108 valence electrons. The standard InChI is InChI=1S/C14H9Cl2FN2OS/c15-7-4-5-9(16)8(6-7)14(20)19-11-3-1-2-10(17)12(11)13(18)21/h1-6H,(H2,18,21)(H,19,20). The Morgan fingerprint density at radius 1 is 1.24 bits per heavy atom. The molecular weight excluding hydrogens is 334 g/mol. The van der Waals surface area contributed by atoms with Gasteiger partial charge in [-0.25, -0.2) is 4.39 Å². The summed E-state index contributed by atoms with van der Waals surface area (Å²) in [5.74, 6) is -1.15. The summed E-state index contributed by atoms with van der Waals surface area (Å²) in [5.41, 5.74) is 5.79. The lowest BCUT2D eigenvalue weighted by Crippen LogP contribution is -2.19. The Kier molecular flexibility index (Phi) is 4.77. The van der Waals surface area contributed by atoms with Crippen LogP contribution in [0.5, 0.6) is 0 Å². The monoisotopic (exact) mass is 342 g/mol. The number of benzene rings is 2. The molecular formula is C14H9Cl2FN2OS. The van der Waals surface area contributed by atoms with Gasteiger partial charge in [-0.1, -0.05) is 41.5 Å². The molecule has 3 N–H and O–H groups in total. The van der Waals surface area contributed by atoms with Gasteiger partial charge in [-0.15, -0.1) is 0 Å². The second kappa shape index (κ2) is 6.39. The predicted octanol–water partition coefficient (Wildman–Crippen LogP) is 4.02. The Morgan fingerprint density at radius 2 is 1.95 bits per heavy atom. The summed E-state index contributed by atoms with van der Waals surface area (Å²) in [6, 6.07) is 8.61. The number of rotatable bonds is 3. The molecule has 0 unspecified atom stereocenters. The van der Waals surface area contributed by atoms with Gasteiger partial charge >= 0.3 is 0 Å². The Balaban J connectivity index is 2.39. The maximum Gasteiger partial charge on any atom is 0.257 e. The van der Waals surface area contributed by atoms with Gasteiger partial charge in [-0.05, 0) is 30.3 Å². The lowest BCUT2D eigenvalue weighted by atomic mass is 10.1. The first-order valence-corrected chi connectivity index (χ1v) is 6.91. The number of carbonyl (C=O) groups excluding carboxylic acids is 1. The fourth-order valence-electron chi connectivity index (χ4n) is 1.74. The van der Waals surface area contributed by atoms with Crippen LogP contribution in [0.25, 0.3) is 0 Å². The Morgan fingerprint density at radius 3 is 2.62 bits per heavy atom. The molecule has 2 aromatic carbocycles. The Bertz CT molecular complexity index is 737. The second-order valence-corrected chi connectivity index (χ2v) is 5.39. The van der Waals surface area contributed by atoms with E-state index in [0.717, 1.165) is 0 Å². The lowest BCUT2D eigenvalue weighted by Gasteiger charge is -2.11. The zero-order chi connectivity index (χ0) is 15.6. The molecule has 0 saturated heterocycles. The highest BCUT2D eigenvalue weighted by atomic mass is 35.5. The van der Waals surface area contributed by atoms with Gasteiger partial charge in [0.05, 0.1) is 21.8 Å². The molecule has 0 aromatic heterocycles. The van der Waals surface area contributed by atoms with Crippen LogP contribution in [-0.4, -0.2) is 10.9 Å². The number of carbonyl (C=O) groups is 1. The molecule has 2 aromatic rings. The summed E-state index contributed by atoms with van der Waals surface area (Å²) in [5, 5.41) is 3.11. The topological polar surface area (TPSA) is 55.1 Å². The number of nitrogens with one attached hydrogen (secondary N) is 1. The van der Waals surface area contributed by atoms with Crippen LogP contribution in [0.1, 0.15) is 15.9 Å². The molecule has 0 aliphatic rings. The molecule has 0 heterocycles. The summed E-state index contributed by atoms with van der Waals surface area (Å²) in [4.78, 5) is 12.1. The molecule has 21 heavy (non-hydrogen) atoms. The molecule has 0 spiro atoms. The average molecular weight is 343 g/mol. The summed E-state index contributed by atoms with van der Waals surface area (Å²) in [6.07, 6.45) is 0. The van der Waals surface area contributed by atoms with Gasteiger partial charge in [0.25, 0.3) is 5.91 Å². The third kappa shape index (κ3) is 3.50. The number of amides is 1. The minimum absolute atomic E-state index is 0.0287. The van der Waals surface area contributed by atoms with Crippen molar-refractivity contribution in [2.45, 2.75) is 0 Å². The Hall–Kier alpha value is -1.69. The van der Waals surface area contributed by atoms with E-state index in [9.17, 15) is 9.18 Å². The van der Waals surface area contributed by atoms with E-state index in [4.69, 9.17) is 41.2 Å². The third-order valence-electron chi connectivity index (χ3n) is 2.68. The highest BCUT2D eigenvalue weighted by Crippen LogP contribution is 2.24. The second-order valence-electron chi connectivity index (χ2n) is 4.10. The molecule has 0 aliphatic carbocycles. The molecule has 0 fully saturated rings. The van der Waals surface area contributed by atoms with Crippen LogP contribution in [0, 0.1) is 5.82 Å². The maximum absolute atomic E-state index is 13.7. The third-order valence-corrected chi connectivity index (χ3v) is 3.45. The van der Waals surface area contributed by atoms with Crippen molar-refractivity contribution in [2.24, 2.45) is 5.73 Å². The highest BCUT2D eigenvalue weighted by molar-refractivity contribution is 7.80. The molecule has 2 rings (SSSR count). The largest absolute Gasteiger partial charge is 0.389 e. The van der Waals surface area contributed by atoms with Gasteiger partial charge in [0.2, 0.25) is 0 Å².